The van der Waals surface area contributed by atoms with Crippen molar-refractivity contribution >= 4 is 17.4 Å². The summed E-state index contributed by atoms with van der Waals surface area (Å²) in [5, 5.41) is 8.80. The van der Waals surface area contributed by atoms with Gasteiger partial charge < -0.3 is 11.1 Å². The Kier molecular flexibility index (Phi) is 4.40. The second kappa shape index (κ2) is 6.23. The van der Waals surface area contributed by atoms with Gasteiger partial charge in [0.15, 0.2) is 0 Å². The molecule has 0 saturated heterocycles. The number of nitrogens with two attached hydrogens (primary N) is 1. The number of rotatable bonds is 4. The van der Waals surface area contributed by atoms with E-state index >= 15 is 0 Å². The van der Waals surface area contributed by atoms with E-state index in [1.807, 2.05) is 44.2 Å². The van der Waals surface area contributed by atoms with Gasteiger partial charge in [-0.3, -0.25) is 4.79 Å². The first-order valence-corrected chi connectivity index (χ1v) is 6.72. The van der Waals surface area contributed by atoms with Crippen LogP contribution in [0.2, 0.25) is 0 Å². The number of amides is 1. The maximum atomic E-state index is 12.0. The van der Waals surface area contributed by atoms with E-state index in [2.05, 4.69) is 10.4 Å². The van der Waals surface area contributed by atoms with Gasteiger partial charge in [-0.15, -0.1) is 0 Å². The lowest BCUT2D eigenvalue weighted by atomic mass is 10.1. The Balaban J connectivity index is 2.04. The summed E-state index contributed by atoms with van der Waals surface area (Å²) in [6.07, 6.45) is 3.54. The fourth-order valence-electron chi connectivity index (χ4n) is 1.85. The third-order valence-corrected chi connectivity index (χ3v) is 2.95. The number of hydrazone groups is 1. The predicted octanol–water partition coefficient (Wildman–Crippen LogP) is 1.68. The number of hydrogen-bond donors (Lipinski definition) is 2. The molecule has 0 spiro atoms. The van der Waals surface area contributed by atoms with Gasteiger partial charge in [-0.25, -0.2) is 5.01 Å². The highest BCUT2D eigenvalue weighted by molar-refractivity contribution is 6.05. The van der Waals surface area contributed by atoms with Crippen LogP contribution in [0.3, 0.4) is 0 Å². The van der Waals surface area contributed by atoms with Crippen molar-refractivity contribution in [1.29, 1.82) is 0 Å². The zero-order valence-corrected chi connectivity index (χ0v) is 11.8. The maximum Gasteiger partial charge on any atom is 0.234 e. The average Bonchev–Trinajstić information content (AvgIpc) is 2.45. The maximum absolute atomic E-state index is 12.0. The lowest BCUT2D eigenvalue weighted by Crippen LogP contribution is -2.41. The quantitative estimate of drug-likeness (QED) is 0.876. The molecule has 3 N–H and O–H groups in total. The van der Waals surface area contributed by atoms with E-state index in [1.54, 1.807) is 17.3 Å². The van der Waals surface area contributed by atoms with Crippen LogP contribution < -0.4 is 16.1 Å². The van der Waals surface area contributed by atoms with E-state index < -0.39 is 5.92 Å². The van der Waals surface area contributed by atoms with Crippen LogP contribution in [-0.2, 0) is 4.79 Å². The van der Waals surface area contributed by atoms with Crippen molar-refractivity contribution in [3.8, 4) is 0 Å². The molecule has 1 heterocycles. The second-order valence-electron chi connectivity index (χ2n) is 5.16. The van der Waals surface area contributed by atoms with Crippen molar-refractivity contribution < 1.29 is 4.79 Å². The van der Waals surface area contributed by atoms with Crippen molar-refractivity contribution in [2.24, 2.45) is 22.7 Å². The number of nitrogens with zero attached hydrogens (tertiary/aromatic N) is 2. The first-order chi connectivity index (χ1) is 9.58. The van der Waals surface area contributed by atoms with Gasteiger partial charge in [0.1, 0.15) is 11.8 Å². The molecule has 1 aromatic carbocycles. The Morgan fingerprint density at radius 3 is 2.70 bits per heavy atom. The van der Waals surface area contributed by atoms with Crippen LogP contribution >= 0.6 is 0 Å². The molecule has 0 radical (unpaired) electrons. The molecule has 5 heteroatoms. The smallest absolute Gasteiger partial charge is 0.234 e. The van der Waals surface area contributed by atoms with Gasteiger partial charge in [-0.1, -0.05) is 32.0 Å². The van der Waals surface area contributed by atoms with Crippen molar-refractivity contribution in [2.75, 3.05) is 11.6 Å². The van der Waals surface area contributed by atoms with Gasteiger partial charge in [-0.2, -0.15) is 5.10 Å². The lowest BCUT2D eigenvalue weighted by Gasteiger charge is -2.23. The molecule has 0 aromatic heterocycles. The summed E-state index contributed by atoms with van der Waals surface area (Å²) >= 11 is 0. The Labute approximate surface area is 119 Å². The molecule has 1 unspecified atom stereocenters. The fourth-order valence-corrected chi connectivity index (χ4v) is 1.85. The monoisotopic (exact) mass is 272 g/mol. The summed E-state index contributed by atoms with van der Waals surface area (Å²) in [7, 11) is 0. The summed E-state index contributed by atoms with van der Waals surface area (Å²) in [5.74, 6) is 0.112. The molecule has 1 aromatic rings. The molecule has 0 aliphatic carbocycles. The topological polar surface area (TPSA) is 70.7 Å². The number of benzene rings is 1. The Bertz CT molecular complexity index is 522. The molecule has 0 fully saturated rings. The van der Waals surface area contributed by atoms with Crippen molar-refractivity contribution in [1.82, 2.24) is 5.32 Å². The minimum atomic E-state index is -0.492. The summed E-state index contributed by atoms with van der Waals surface area (Å²) < 4.78 is 0. The second-order valence-corrected chi connectivity index (χ2v) is 5.16. The van der Waals surface area contributed by atoms with E-state index in [1.165, 1.54) is 0 Å². The Morgan fingerprint density at radius 2 is 2.10 bits per heavy atom. The molecule has 0 saturated carbocycles. The minimum Gasteiger partial charge on any atom is -0.385 e. The summed E-state index contributed by atoms with van der Waals surface area (Å²) in [6, 6.07) is 9.65. The summed E-state index contributed by atoms with van der Waals surface area (Å²) in [6.45, 7) is 4.73. The third kappa shape index (κ3) is 3.38. The molecular formula is C15H20N4O. The number of para-hydroxylation sites is 1. The molecular weight excluding hydrogens is 252 g/mol. The van der Waals surface area contributed by atoms with E-state index in [-0.39, 0.29) is 5.91 Å². The number of carbonyl (C=O) groups excluding carboxylic acids is 1. The zero-order valence-electron chi connectivity index (χ0n) is 11.8. The highest BCUT2D eigenvalue weighted by Crippen LogP contribution is 2.18. The summed E-state index contributed by atoms with van der Waals surface area (Å²) in [4.78, 5) is 12.0. The molecule has 1 aliphatic rings. The summed E-state index contributed by atoms with van der Waals surface area (Å²) in [5.41, 5.74) is 6.82. The van der Waals surface area contributed by atoms with Gasteiger partial charge in [0.05, 0.1) is 5.69 Å². The van der Waals surface area contributed by atoms with Crippen LogP contribution in [0.1, 0.15) is 13.8 Å². The fraction of sp³-hybridized carbons (Fsp3) is 0.333. The number of nitrogens with one attached hydrogen (secondary N) is 1. The van der Waals surface area contributed by atoms with Crippen LogP contribution in [0, 0.1) is 11.8 Å². The number of carbonyl (C=O) groups is 1. The first-order valence-electron chi connectivity index (χ1n) is 6.72. The van der Waals surface area contributed by atoms with Gasteiger partial charge in [-0.05, 0) is 24.1 Å². The van der Waals surface area contributed by atoms with Gasteiger partial charge >= 0.3 is 0 Å². The zero-order chi connectivity index (χ0) is 14.5. The van der Waals surface area contributed by atoms with Crippen molar-refractivity contribution in [2.45, 2.75) is 13.8 Å². The SMILES string of the molecule is CC(C)CNC(=O)C1C=CN(c2ccccc2)N=C1N. The van der Waals surface area contributed by atoms with E-state index in [0.29, 0.717) is 18.3 Å². The highest BCUT2D eigenvalue weighted by atomic mass is 16.1. The molecule has 1 amide bonds. The molecule has 106 valence electrons. The molecule has 2 rings (SSSR count). The highest BCUT2D eigenvalue weighted by Gasteiger charge is 2.23. The van der Waals surface area contributed by atoms with Crippen LogP contribution in [-0.4, -0.2) is 18.3 Å². The largest absolute Gasteiger partial charge is 0.385 e. The molecule has 1 atom stereocenters. The predicted molar refractivity (Wildman–Crippen MR) is 81.0 cm³/mol. The lowest BCUT2D eigenvalue weighted by molar-refractivity contribution is -0.122. The van der Waals surface area contributed by atoms with Crippen molar-refractivity contribution in [3.05, 3.63) is 42.6 Å². The van der Waals surface area contributed by atoms with E-state index in [9.17, 15) is 4.79 Å². The van der Waals surface area contributed by atoms with Crippen LogP contribution in [0.15, 0.2) is 47.7 Å². The molecule has 20 heavy (non-hydrogen) atoms. The average molecular weight is 272 g/mol. The first kappa shape index (κ1) is 14.1. The van der Waals surface area contributed by atoms with E-state index in [4.69, 9.17) is 5.73 Å². The molecule has 0 bridgehead atoms. The van der Waals surface area contributed by atoms with Gasteiger partial charge in [0, 0.05) is 12.7 Å². The Hall–Kier alpha value is -2.30. The molecule has 5 nitrogen and oxygen atoms in total. The van der Waals surface area contributed by atoms with Crippen LogP contribution in [0.25, 0.3) is 0 Å². The van der Waals surface area contributed by atoms with Crippen molar-refractivity contribution in [3.63, 3.8) is 0 Å². The number of amidine groups is 1. The number of anilines is 1. The number of hydrogen-bond acceptors (Lipinski definition) is 4. The van der Waals surface area contributed by atoms with E-state index in [0.717, 1.165) is 5.69 Å². The molecule has 1 aliphatic heterocycles. The van der Waals surface area contributed by atoms with Crippen LogP contribution in [0.4, 0.5) is 5.69 Å². The minimum absolute atomic E-state index is 0.107. The normalized spacial score (nSPS) is 18.1. The van der Waals surface area contributed by atoms with Gasteiger partial charge in [0.2, 0.25) is 5.91 Å². The standard InChI is InChI=1S/C15H20N4O/c1-11(2)10-17-15(20)13-8-9-19(18-14(13)16)12-6-4-3-5-7-12/h3-9,11,13H,10H2,1-2H3,(H2,16,18)(H,17,20). The Morgan fingerprint density at radius 1 is 1.40 bits per heavy atom. The van der Waals surface area contributed by atoms with Gasteiger partial charge in [0.25, 0.3) is 0 Å². The van der Waals surface area contributed by atoms with Crippen LogP contribution in [0.5, 0.6) is 0 Å². The third-order valence-electron chi connectivity index (χ3n) is 2.95.